The highest BCUT2D eigenvalue weighted by molar-refractivity contribution is 5.87. The van der Waals surface area contributed by atoms with Crippen molar-refractivity contribution in [2.45, 2.75) is 20.0 Å². The SMILES string of the molecule is C=C(C)CCOCc1ccc(C(=O)O)cc1. The highest BCUT2D eigenvalue weighted by Crippen LogP contribution is 2.06. The molecule has 86 valence electrons. The van der Waals surface area contributed by atoms with Crippen molar-refractivity contribution in [3.8, 4) is 0 Å². The molecule has 3 nitrogen and oxygen atoms in total. The average Bonchev–Trinajstić information content (AvgIpc) is 2.25. The van der Waals surface area contributed by atoms with E-state index in [1.807, 2.05) is 6.92 Å². The number of ether oxygens (including phenoxy) is 1. The van der Waals surface area contributed by atoms with Crippen LogP contribution in [0.3, 0.4) is 0 Å². The van der Waals surface area contributed by atoms with Gasteiger partial charge in [0, 0.05) is 0 Å². The number of hydrogen-bond donors (Lipinski definition) is 1. The molecular formula is C13H16O3. The molecule has 0 aliphatic rings. The van der Waals surface area contributed by atoms with Gasteiger partial charge in [0.15, 0.2) is 0 Å². The Morgan fingerprint density at radius 3 is 2.50 bits per heavy atom. The summed E-state index contributed by atoms with van der Waals surface area (Å²) in [5, 5.41) is 8.71. The van der Waals surface area contributed by atoms with E-state index in [1.54, 1.807) is 24.3 Å². The van der Waals surface area contributed by atoms with E-state index in [4.69, 9.17) is 9.84 Å². The van der Waals surface area contributed by atoms with Crippen LogP contribution >= 0.6 is 0 Å². The topological polar surface area (TPSA) is 46.5 Å². The van der Waals surface area contributed by atoms with E-state index in [2.05, 4.69) is 6.58 Å². The fraction of sp³-hybridized carbons (Fsp3) is 0.308. The van der Waals surface area contributed by atoms with Gasteiger partial charge in [0.2, 0.25) is 0 Å². The molecule has 1 aromatic rings. The van der Waals surface area contributed by atoms with Gasteiger partial charge in [0.05, 0.1) is 18.8 Å². The fourth-order valence-electron chi connectivity index (χ4n) is 1.18. The van der Waals surface area contributed by atoms with Gasteiger partial charge in [-0.25, -0.2) is 4.79 Å². The molecule has 1 aromatic carbocycles. The summed E-state index contributed by atoms with van der Waals surface area (Å²) in [6.45, 7) is 6.90. The van der Waals surface area contributed by atoms with E-state index in [-0.39, 0.29) is 0 Å². The summed E-state index contributed by atoms with van der Waals surface area (Å²) in [6, 6.07) is 6.70. The Bertz CT molecular complexity index is 365. The van der Waals surface area contributed by atoms with Crippen LogP contribution in [0.25, 0.3) is 0 Å². The van der Waals surface area contributed by atoms with E-state index in [0.29, 0.717) is 18.8 Å². The van der Waals surface area contributed by atoms with Crippen molar-refractivity contribution in [3.63, 3.8) is 0 Å². The van der Waals surface area contributed by atoms with Crippen molar-refractivity contribution in [3.05, 3.63) is 47.5 Å². The van der Waals surface area contributed by atoms with Gasteiger partial charge in [-0.2, -0.15) is 0 Å². The molecule has 1 rings (SSSR count). The Balaban J connectivity index is 2.38. The summed E-state index contributed by atoms with van der Waals surface area (Å²) in [7, 11) is 0. The van der Waals surface area contributed by atoms with Crippen LogP contribution < -0.4 is 0 Å². The minimum absolute atomic E-state index is 0.297. The summed E-state index contributed by atoms with van der Waals surface area (Å²) in [5.74, 6) is -0.908. The van der Waals surface area contributed by atoms with Crippen molar-refractivity contribution in [2.75, 3.05) is 6.61 Å². The predicted octanol–water partition coefficient (Wildman–Crippen LogP) is 2.87. The van der Waals surface area contributed by atoms with Crippen LogP contribution in [0.1, 0.15) is 29.3 Å². The van der Waals surface area contributed by atoms with Gasteiger partial charge in [-0.1, -0.05) is 17.7 Å². The number of aromatic carboxylic acids is 1. The van der Waals surface area contributed by atoms with Crippen LogP contribution in [0, 0.1) is 0 Å². The van der Waals surface area contributed by atoms with Gasteiger partial charge in [0.25, 0.3) is 0 Å². The third kappa shape index (κ3) is 4.28. The zero-order valence-corrected chi connectivity index (χ0v) is 9.40. The van der Waals surface area contributed by atoms with Crippen LogP contribution in [0.15, 0.2) is 36.4 Å². The highest BCUT2D eigenvalue weighted by Gasteiger charge is 2.01. The van der Waals surface area contributed by atoms with Crippen molar-refractivity contribution >= 4 is 5.97 Å². The van der Waals surface area contributed by atoms with E-state index in [0.717, 1.165) is 17.6 Å². The molecule has 16 heavy (non-hydrogen) atoms. The van der Waals surface area contributed by atoms with Crippen molar-refractivity contribution in [1.82, 2.24) is 0 Å². The molecule has 3 heteroatoms. The molecule has 0 heterocycles. The Labute approximate surface area is 95.4 Å². The number of carboxylic acid groups (broad SMARTS) is 1. The second-order valence-corrected chi connectivity index (χ2v) is 3.76. The molecule has 0 spiro atoms. The van der Waals surface area contributed by atoms with Gasteiger partial charge in [0.1, 0.15) is 0 Å². The fourth-order valence-corrected chi connectivity index (χ4v) is 1.18. The number of rotatable bonds is 6. The third-order valence-corrected chi connectivity index (χ3v) is 2.14. The quantitative estimate of drug-likeness (QED) is 0.592. The van der Waals surface area contributed by atoms with E-state index in [1.165, 1.54) is 0 Å². The first-order chi connectivity index (χ1) is 7.59. The highest BCUT2D eigenvalue weighted by atomic mass is 16.5. The lowest BCUT2D eigenvalue weighted by Gasteiger charge is -2.04. The summed E-state index contributed by atoms with van der Waals surface area (Å²) in [4.78, 5) is 10.6. The van der Waals surface area contributed by atoms with E-state index in [9.17, 15) is 4.79 Å². The van der Waals surface area contributed by atoms with Gasteiger partial charge in [-0.15, -0.1) is 6.58 Å². The molecule has 0 bridgehead atoms. The van der Waals surface area contributed by atoms with Gasteiger partial charge in [-0.05, 0) is 31.0 Å². The maximum absolute atomic E-state index is 10.6. The number of hydrogen-bond acceptors (Lipinski definition) is 2. The minimum Gasteiger partial charge on any atom is -0.478 e. The van der Waals surface area contributed by atoms with Gasteiger partial charge >= 0.3 is 5.97 Å². The first-order valence-corrected chi connectivity index (χ1v) is 5.14. The second-order valence-electron chi connectivity index (χ2n) is 3.76. The molecule has 0 saturated heterocycles. The molecule has 1 N–H and O–H groups in total. The Hall–Kier alpha value is -1.61. The number of benzene rings is 1. The lowest BCUT2D eigenvalue weighted by Crippen LogP contribution is -1.98. The van der Waals surface area contributed by atoms with Crippen LogP contribution in [-0.4, -0.2) is 17.7 Å². The third-order valence-electron chi connectivity index (χ3n) is 2.14. The van der Waals surface area contributed by atoms with Crippen LogP contribution in [-0.2, 0) is 11.3 Å². The monoisotopic (exact) mass is 220 g/mol. The maximum atomic E-state index is 10.6. The van der Waals surface area contributed by atoms with Crippen LogP contribution in [0.2, 0.25) is 0 Å². The Morgan fingerprint density at radius 1 is 1.38 bits per heavy atom. The van der Waals surface area contributed by atoms with Crippen LogP contribution in [0.5, 0.6) is 0 Å². The number of carbonyl (C=O) groups is 1. The van der Waals surface area contributed by atoms with Crippen molar-refractivity contribution in [1.29, 1.82) is 0 Å². The first-order valence-electron chi connectivity index (χ1n) is 5.14. The molecule has 0 fully saturated rings. The average molecular weight is 220 g/mol. The number of carboxylic acids is 1. The smallest absolute Gasteiger partial charge is 0.335 e. The predicted molar refractivity (Wildman–Crippen MR) is 62.5 cm³/mol. The normalized spacial score (nSPS) is 10.1. The van der Waals surface area contributed by atoms with Gasteiger partial charge < -0.3 is 9.84 Å². The largest absolute Gasteiger partial charge is 0.478 e. The lowest BCUT2D eigenvalue weighted by molar-refractivity contribution is 0.0696. The van der Waals surface area contributed by atoms with E-state index < -0.39 is 5.97 Å². The lowest BCUT2D eigenvalue weighted by atomic mass is 10.1. The Kier molecular flexibility index (Phi) is 4.73. The van der Waals surface area contributed by atoms with Crippen molar-refractivity contribution < 1.29 is 14.6 Å². The molecule has 0 aliphatic carbocycles. The molecule has 0 atom stereocenters. The molecule has 0 radical (unpaired) electrons. The summed E-state index contributed by atoms with van der Waals surface area (Å²) in [6.07, 6.45) is 0.854. The summed E-state index contributed by atoms with van der Waals surface area (Å²) < 4.78 is 5.42. The molecule has 0 aromatic heterocycles. The zero-order chi connectivity index (χ0) is 12.0. The summed E-state index contributed by atoms with van der Waals surface area (Å²) in [5.41, 5.74) is 2.37. The van der Waals surface area contributed by atoms with E-state index >= 15 is 0 Å². The molecular weight excluding hydrogens is 204 g/mol. The van der Waals surface area contributed by atoms with Crippen molar-refractivity contribution in [2.24, 2.45) is 0 Å². The minimum atomic E-state index is -0.908. The molecule has 0 aliphatic heterocycles. The Morgan fingerprint density at radius 2 is 2.00 bits per heavy atom. The molecule has 0 amide bonds. The maximum Gasteiger partial charge on any atom is 0.335 e. The zero-order valence-electron chi connectivity index (χ0n) is 9.40. The first kappa shape index (κ1) is 12.5. The standard InChI is InChI=1S/C13H16O3/c1-10(2)7-8-16-9-11-3-5-12(6-4-11)13(14)15/h3-6H,1,7-9H2,2H3,(H,14,15). The molecule has 0 unspecified atom stereocenters. The molecule has 0 saturated carbocycles. The van der Waals surface area contributed by atoms with Gasteiger partial charge in [-0.3, -0.25) is 0 Å². The van der Waals surface area contributed by atoms with Crippen LogP contribution in [0.4, 0.5) is 0 Å². The summed E-state index contributed by atoms with van der Waals surface area (Å²) >= 11 is 0. The second kappa shape index (κ2) is 6.08.